The molecule has 0 saturated carbocycles. The van der Waals surface area contributed by atoms with Crippen LogP contribution in [0, 0.1) is 18.1 Å². The van der Waals surface area contributed by atoms with Gasteiger partial charge in [0.1, 0.15) is 4.90 Å². The Labute approximate surface area is 189 Å². The minimum Gasteiger partial charge on any atom is -0.340 e. The zero-order valence-electron chi connectivity index (χ0n) is 18.4. The summed E-state index contributed by atoms with van der Waals surface area (Å²) in [4.78, 5) is 21.3. The largest absolute Gasteiger partial charge is 0.434 e. The number of ketones is 1. The highest BCUT2D eigenvalue weighted by molar-refractivity contribution is 7.90. The van der Waals surface area contributed by atoms with Gasteiger partial charge in [-0.25, -0.2) is 18.4 Å². The van der Waals surface area contributed by atoms with E-state index in [1.165, 1.54) is 6.07 Å². The van der Waals surface area contributed by atoms with E-state index in [2.05, 4.69) is 22.1 Å². The maximum Gasteiger partial charge on any atom is 0.434 e. The lowest BCUT2D eigenvalue weighted by Crippen LogP contribution is -2.41. The van der Waals surface area contributed by atoms with Crippen LogP contribution in [0.3, 0.4) is 0 Å². The first-order valence-electron chi connectivity index (χ1n) is 10.2. The number of sulfone groups is 1. The molecular weight excluding hydrogens is 457 g/mol. The number of aromatic nitrogens is 3. The molecule has 0 aliphatic carbocycles. The first-order valence-corrected chi connectivity index (χ1v) is 12.1. The summed E-state index contributed by atoms with van der Waals surface area (Å²) in [6.07, 6.45) is -2.78. The van der Waals surface area contributed by atoms with Crippen LogP contribution in [0.5, 0.6) is 0 Å². The molecule has 1 aromatic carbocycles. The van der Waals surface area contributed by atoms with Gasteiger partial charge in [0.05, 0.1) is 22.5 Å². The molecule has 0 amide bonds. The Kier molecular flexibility index (Phi) is 5.40. The molecule has 1 aliphatic heterocycles. The van der Waals surface area contributed by atoms with Gasteiger partial charge in [-0.1, -0.05) is 19.9 Å². The van der Waals surface area contributed by atoms with E-state index in [0.29, 0.717) is 24.0 Å². The maximum atomic E-state index is 13.6. The lowest BCUT2D eigenvalue weighted by molar-refractivity contribution is -0.141. The zero-order valence-corrected chi connectivity index (χ0v) is 19.2. The third-order valence-electron chi connectivity index (χ3n) is 5.67. The van der Waals surface area contributed by atoms with Gasteiger partial charge in [0.2, 0.25) is 5.95 Å². The van der Waals surface area contributed by atoms with Crippen molar-refractivity contribution in [2.24, 2.45) is 5.92 Å². The monoisotopic (exact) mass is 478 g/mol. The smallest absolute Gasteiger partial charge is 0.340 e. The van der Waals surface area contributed by atoms with E-state index in [4.69, 9.17) is 0 Å². The topological polar surface area (TPSA) is 85.2 Å². The van der Waals surface area contributed by atoms with Crippen LogP contribution >= 0.6 is 0 Å². The van der Waals surface area contributed by atoms with Crippen LogP contribution in [0.2, 0.25) is 0 Å². The lowest BCUT2D eigenvalue weighted by atomic mass is 9.97. The fraction of sp³-hybridized carbons (Fsp3) is 0.409. The Morgan fingerprint density at radius 3 is 2.48 bits per heavy atom. The van der Waals surface area contributed by atoms with Crippen molar-refractivity contribution in [3.63, 3.8) is 0 Å². The van der Waals surface area contributed by atoms with Gasteiger partial charge in [0.25, 0.3) is 0 Å². The summed E-state index contributed by atoms with van der Waals surface area (Å²) in [6, 6.07) is 8.54. The molecule has 11 heteroatoms. The number of nitrogens with zero attached hydrogens (tertiary/aromatic N) is 4. The molecule has 3 heterocycles. The van der Waals surface area contributed by atoms with Gasteiger partial charge in [0.15, 0.2) is 21.3 Å². The summed E-state index contributed by atoms with van der Waals surface area (Å²) in [5.74, 6) is -0.923. The minimum absolute atomic E-state index is 0.0254. The molecular formula is C22H21F3N4O3S. The second-order valence-electron chi connectivity index (χ2n) is 8.42. The second kappa shape index (κ2) is 7.73. The molecule has 174 valence electrons. The molecule has 1 aliphatic rings. The first kappa shape index (κ1) is 23.0. The molecule has 0 bridgehead atoms. The van der Waals surface area contributed by atoms with Crippen LogP contribution in [-0.4, -0.2) is 41.5 Å². The number of rotatable bonds is 4. The number of hydrogen-bond acceptors (Lipinski definition) is 6. The summed E-state index contributed by atoms with van der Waals surface area (Å²) >= 11 is 0. The molecule has 0 radical (unpaired) electrons. The number of Topliss-reactive ketones (excluding diaryl/α,β-unsaturated/α-hetero) is 1. The quantitative estimate of drug-likeness (QED) is 0.530. The minimum atomic E-state index is -4.80. The highest BCUT2D eigenvalue weighted by Crippen LogP contribution is 2.39. The normalized spacial score (nSPS) is 16.7. The standard InChI is InChI=1S/C22H21F3N4O3S/c1-12(2)19-18-9-14-5-6-15(33(4,31)32)10-17(14)28(18)7-8-29(19)21-26-11-16(13(3)30)20(27-21)22(23,24)25/h9-12,19H,7-8H2,1-4H3/t19-/m1/s1. The Hall–Kier alpha value is -3.13. The van der Waals surface area contributed by atoms with Crippen LogP contribution in [0.1, 0.15) is 48.6 Å². The van der Waals surface area contributed by atoms with Crippen molar-refractivity contribution in [3.05, 3.63) is 47.4 Å². The predicted molar refractivity (Wildman–Crippen MR) is 115 cm³/mol. The molecule has 0 unspecified atom stereocenters. The highest BCUT2D eigenvalue weighted by atomic mass is 32.2. The van der Waals surface area contributed by atoms with Crippen molar-refractivity contribution < 1.29 is 26.4 Å². The van der Waals surface area contributed by atoms with Crippen molar-refractivity contribution >= 4 is 32.5 Å². The van der Waals surface area contributed by atoms with E-state index >= 15 is 0 Å². The van der Waals surface area contributed by atoms with Crippen LogP contribution in [0.4, 0.5) is 19.1 Å². The van der Waals surface area contributed by atoms with Gasteiger partial charge in [-0.05, 0) is 31.0 Å². The molecule has 0 saturated heterocycles. The summed E-state index contributed by atoms with van der Waals surface area (Å²) in [6.45, 7) is 5.57. The molecule has 7 nitrogen and oxygen atoms in total. The molecule has 0 N–H and O–H groups in total. The number of carbonyl (C=O) groups excluding carboxylic acids is 1. The Morgan fingerprint density at radius 1 is 1.21 bits per heavy atom. The molecule has 0 fully saturated rings. The predicted octanol–water partition coefficient (Wildman–Crippen LogP) is 3.87. The summed E-state index contributed by atoms with van der Waals surface area (Å²) in [5.41, 5.74) is -0.376. The number of halogens is 3. The average molecular weight is 478 g/mol. The van der Waals surface area contributed by atoms with E-state index < -0.39 is 33.1 Å². The van der Waals surface area contributed by atoms with Gasteiger partial charge in [-0.2, -0.15) is 13.2 Å². The highest BCUT2D eigenvalue weighted by Gasteiger charge is 2.39. The van der Waals surface area contributed by atoms with Crippen LogP contribution in [-0.2, 0) is 22.6 Å². The Bertz CT molecular complexity index is 1360. The van der Waals surface area contributed by atoms with Crippen LogP contribution in [0.25, 0.3) is 10.9 Å². The molecule has 3 aromatic rings. The van der Waals surface area contributed by atoms with Crippen molar-refractivity contribution in [2.75, 3.05) is 17.7 Å². The number of hydrogen-bond donors (Lipinski definition) is 0. The third kappa shape index (κ3) is 4.04. The van der Waals surface area contributed by atoms with Crippen molar-refractivity contribution in [1.82, 2.24) is 14.5 Å². The van der Waals surface area contributed by atoms with Crippen LogP contribution in [0.15, 0.2) is 23.2 Å². The van der Waals surface area contributed by atoms with Crippen molar-refractivity contribution in [2.45, 2.75) is 44.4 Å². The second-order valence-corrected chi connectivity index (χ2v) is 10.4. The average Bonchev–Trinajstić information content (AvgIpc) is 3.08. The number of carbonyl (C=O) groups is 1. The van der Waals surface area contributed by atoms with E-state index in [9.17, 15) is 26.4 Å². The molecule has 4 rings (SSSR count). The third-order valence-corrected chi connectivity index (χ3v) is 6.69. The molecule has 1 atom stereocenters. The van der Waals surface area contributed by atoms with Gasteiger partial charge in [-0.15, -0.1) is 0 Å². The van der Waals surface area contributed by atoms with Crippen molar-refractivity contribution in [3.8, 4) is 0 Å². The fourth-order valence-electron chi connectivity index (χ4n) is 4.24. The number of fused-ring (bicyclic) bond motifs is 3. The molecule has 2 aromatic heterocycles. The van der Waals surface area contributed by atoms with Gasteiger partial charge >= 0.3 is 6.18 Å². The SMILES string of the molecule is CC(=O)c1cnc(N2CCn3c(cc4c#cc(S(C)(=O)=O)cc43)[C@H]2C(C)C)nc1C(F)(F)F. The van der Waals surface area contributed by atoms with E-state index in [0.717, 1.165) is 25.1 Å². The van der Waals surface area contributed by atoms with E-state index in [1.807, 2.05) is 24.5 Å². The Morgan fingerprint density at radius 2 is 1.91 bits per heavy atom. The molecule has 0 spiro atoms. The van der Waals surface area contributed by atoms with Crippen LogP contribution < -0.4 is 4.90 Å². The van der Waals surface area contributed by atoms with E-state index in [1.54, 1.807) is 4.90 Å². The zero-order chi connectivity index (χ0) is 24.3. The lowest BCUT2D eigenvalue weighted by Gasteiger charge is -2.39. The Balaban J connectivity index is 1.85. The van der Waals surface area contributed by atoms with Gasteiger partial charge < -0.3 is 9.47 Å². The first-order chi connectivity index (χ1) is 15.3. The van der Waals surface area contributed by atoms with Gasteiger partial charge in [-0.3, -0.25) is 4.79 Å². The molecule has 33 heavy (non-hydrogen) atoms. The number of alkyl halides is 3. The summed E-state index contributed by atoms with van der Waals surface area (Å²) in [5, 5.41) is 0.661. The van der Waals surface area contributed by atoms with E-state index in [-0.39, 0.29) is 22.8 Å². The van der Waals surface area contributed by atoms with Crippen molar-refractivity contribution in [1.29, 1.82) is 0 Å². The van der Waals surface area contributed by atoms with Gasteiger partial charge in [0, 0.05) is 31.2 Å². The fourth-order valence-corrected chi connectivity index (χ4v) is 4.80. The number of anilines is 1. The maximum absolute atomic E-state index is 13.6. The summed E-state index contributed by atoms with van der Waals surface area (Å²) in [7, 11) is -3.48. The summed E-state index contributed by atoms with van der Waals surface area (Å²) < 4.78 is 66.7.